The Hall–Kier alpha value is -2.89. The van der Waals surface area contributed by atoms with E-state index in [1.807, 2.05) is 18.2 Å². The highest BCUT2D eigenvalue weighted by Crippen LogP contribution is 2.20. The van der Waals surface area contributed by atoms with Crippen molar-refractivity contribution in [1.82, 2.24) is 15.6 Å². The maximum absolute atomic E-state index is 12.0. The maximum atomic E-state index is 12.0. The number of benzene rings is 1. The zero-order chi connectivity index (χ0) is 16.1. The number of urea groups is 1. The van der Waals surface area contributed by atoms with Crippen molar-refractivity contribution in [2.45, 2.75) is 25.4 Å². The second-order valence-electron chi connectivity index (χ2n) is 5.46. The van der Waals surface area contributed by atoms with E-state index in [1.165, 1.54) is 0 Å². The molecule has 0 atom stereocenters. The van der Waals surface area contributed by atoms with Gasteiger partial charge >= 0.3 is 6.03 Å². The zero-order valence-corrected chi connectivity index (χ0v) is 12.6. The number of pyridine rings is 1. The first-order valence-electron chi connectivity index (χ1n) is 7.56. The molecular weight excluding hydrogens is 292 g/mol. The Labute approximate surface area is 134 Å². The number of carbonyl (C=O) groups is 2. The van der Waals surface area contributed by atoms with Crippen LogP contribution in [0.2, 0.25) is 0 Å². The normalized spacial score (nSPS) is 13.2. The quantitative estimate of drug-likeness (QED) is 0.792. The molecule has 6 nitrogen and oxygen atoms in total. The molecule has 0 unspecified atom stereocenters. The fourth-order valence-corrected chi connectivity index (χ4v) is 2.08. The molecule has 0 bridgehead atoms. The van der Waals surface area contributed by atoms with Crippen molar-refractivity contribution in [2.75, 3.05) is 5.32 Å². The van der Waals surface area contributed by atoms with Gasteiger partial charge in [-0.3, -0.25) is 9.78 Å². The number of hydrogen-bond acceptors (Lipinski definition) is 3. The molecule has 2 aromatic rings. The van der Waals surface area contributed by atoms with Crippen LogP contribution in [0.25, 0.3) is 0 Å². The minimum Gasteiger partial charge on any atom is -0.349 e. The van der Waals surface area contributed by atoms with E-state index >= 15 is 0 Å². The largest absolute Gasteiger partial charge is 0.349 e. The smallest absolute Gasteiger partial charge is 0.319 e. The van der Waals surface area contributed by atoms with Crippen molar-refractivity contribution < 1.29 is 9.59 Å². The summed E-state index contributed by atoms with van der Waals surface area (Å²) in [4.78, 5) is 28.0. The van der Waals surface area contributed by atoms with E-state index in [4.69, 9.17) is 0 Å². The second kappa shape index (κ2) is 6.91. The topological polar surface area (TPSA) is 83.1 Å². The lowest BCUT2D eigenvalue weighted by atomic mass is 10.2. The predicted octanol–water partition coefficient (Wildman–Crippen LogP) is 2.30. The molecule has 23 heavy (non-hydrogen) atoms. The molecule has 3 rings (SSSR count). The maximum Gasteiger partial charge on any atom is 0.319 e. The number of carbonyl (C=O) groups excluding carboxylic acids is 2. The number of nitrogens with one attached hydrogen (secondary N) is 3. The predicted molar refractivity (Wildman–Crippen MR) is 87.0 cm³/mol. The van der Waals surface area contributed by atoms with E-state index < -0.39 is 0 Å². The van der Waals surface area contributed by atoms with Gasteiger partial charge in [-0.2, -0.15) is 0 Å². The van der Waals surface area contributed by atoms with Crippen LogP contribution in [0.5, 0.6) is 0 Å². The third kappa shape index (κ3) is 4.54. The zero-order valence-electron chi connectivity index (χ0n) is 12.6. The SMILES string of the molecule is O=C(NCc1ccccn1)Nc1cccc(C(=O)NC2CC2)c1. The van der Waals surface area contributed by atoms with Crippen LogP contribution in [0.1, 0.15) is 28.9 Å². The Kier molecular flexibility index (Phi) is 4.52. The summed E-state index contributed by atoms with van der Waals surface area (Å²) < 4.78 is 0. The fraction of sp³-hybridized carbons (Fsp3) is 0.235. The molecule has 1 aromatic heterocycles. The number of hydrogen-bond donors (Lipinski definition) is 3. The number of nitrogens with zero attached hydrogens (tertiary/aromatic N) is 1. The van der Waals surface area contributed by atoms with Gasteiger partial charge in [-0.1, -0.05) is 12.1 Å². The van der Waals surface area contributed by atoms with Gasteiger partial charge in [-0.25, -0.2) is 4.79 Å². The number of amides is 3. The van der Waals surface area contributed by atoms with Gasteiger partial charge in [0.2, 0.25) is 0 Å². The average Bonchev–Trinajstić information content (AvgIpc) is 3.38. The van der Waals surface area contributed by atoms with E-state index in [1.54, 1.807) is 30.5 Å². The molecule has 1 fully saturated rings. The molecule has 1 saturated carbocycles. The molecule has 0 saturated heterocycles. The third-order valence-corrected chi connectivity index (χ3v) is 3.45. The summed E-state index contributed by atoms with van der Waals surface area (Å²) in [6, 6.07) is 12.4. The fourth-order valence-electron chi connectivity index (χ4n) is 2.08. The Morgan fingerprint density at radius 2 is 2.00 bits per heavy atom. The number of anilines is 1. The van der Waals surface area contributed by atoms with Crippen LogP contribution in [0.3, 0.4) is 0 Å². The molecule has 1 aliphatic carbocycles. The van der Waals surface area contributed by atoms with Gasteiger partial charge in [0.1, 0.15) is 0 Å². The molecular formula is C17H18N4O2. The van der Waals surface area contributed by atoms with Gasteiger partial charge in [-0.05, 0) is 43.2 Å². The molecule has 118 valence electrons. The monoisotopic (exact) mass is 310 g/mol. The minimum absolute atomic E-state index is 0.106. The van der Waals surface area contributed by atoms with Crippen molar-refractivity contribution >= 4 is 17.6 Å². The van der Waals surface area contributed by atoms with Gasteiger partial charge in [0.15, 0.2) is 0 Å². The molecule has 1 aliphatic rings. The first kappa shape index (κ1) is 15.0. The lowest BCUT2D eigenvalue weighted by molar-refractivity contribution is 0.0951. The first-order chi connectivity index (χ1) is 11.2. The highest BCUT2D eigenvalue weighted by Gasteiger charge is 2.23. The van der Waals surface area contributed by atoms with Gasteiger partial charge in [0.05, 0.1) is 12.2 Å². The highest BCUT2D eigenvalue weighted by molar-refractivity contribution is 5.97. The average molecular weight is 310 g/mol. The van der Waals surface area contributed by atoms with Crippen LogP contribution in [0, 0.1) is 0 Å². The van der Waals surface area contributed by atoms with Crippen LogP contribution >= 0.6 is 0 Å². The van der Waals surface area contributed by atoms with E-state index in [2.05, 4.69) is 20.9 Å². The van der Waals surface area contributed by atoms with Crippen LogP contribution in [0.4, 0.5) is 10.5 Å². The molecule has 0 aliphatic heterocycles. The number of rotatable bonds is 5. The standard InChI is InChI=1S/C17H18N4O2/c22-16(20-13-7-8-13)12-4-3-6-14(10-12)21-17(23)19-11-15-5-1-2-9-18-15/h1-6,9-10,13H,7-8,11H2,(H,20,22)(H2,19,21,23). The van der Waals surface area contributed by atoms with Crippen LogP contribution in [-0.2, 0) is 6.54 Å². The first-order valence-corrected chi connectivity index (χ1v) is 7.56. The summed E-state index contributed by atoms with van der Waals surface area (Å²) in [5.41, 5.74) is 1.90. The van der Waals surface area contributed by atoms with E-state index in [9.17, 15) is 9.59 Å². The van der Waals surface area contributed by atoms with Crippen molar-refractivity contribution in [3.05, 3.63) is 59.9 Å². The lowest BCUT2D eigenvalue weighted by Crippen LogP contribution is -2.29. The van der Waals surface area contributed by atoms with Gasteiger partial charge < -0.3 is 16.0 Å². The molecule has 1 heterocycles. The van der Waals surface area contributed by atoms with Crippen molar-refractivity contribution in [1.29, 1.82) is 0 Å². The van der Waals surface area contributed by atoms with Crippen molar-refractivity contribution in [3.8, 4) is 0 Å². The van der Waals surface area contributed by atoms with E-state index in [-0.39, 0.29) is 11.9 Å². The summed E-state index contributed by atoms with van der Waals surface area (Å²) in [7, 11) is 0. The number of aromatic nitrogens is 1. The Morgan fingerprint density at radius 1 is 1.13 bits per heavy atom. The molecule has 1 aromatic carbocycles. The molecule has 3 amide bonds. The Balaban J connectivity index is 1.54. The summed E-state index contributed by atoms with van der Waals surface area (Å²) in [6.45, 7) is 0.342. The molecule has 0 radical (unpaired) electrons. The summed E-state index contributed by atoms with van der Waals surface area (Å²) in [6.07, 6.45) is 3.76. The van der Waals surface area contributed by atoms with Crippen molar-refractivity contribution in [2.24, 2.45) is 0 Å². The van der Waals surface area contributed by atoms with Crippen LogP contribution < -0.4 is 16.0 Å². The van der Waals surface area contributed by atoms with Crippen LogP contribution in [0.15, 0.2) is 48.7 Å². The van der Waals surface area contributed by atoms with Crippen molar-refractivity contribution in [3.63, 3.8) is 0 Å². The summed E-state index contributed by atoms with van der Waals surface area (Å²) in [5.74, 6) is -0.106. The Morgan fingerprint density at radius 3 is 2.74 bits per heavy atom. The lowest BCUT2D eigenvalue weighted by Gasteiger charge is -2.09. The Bertz CT molecular complexity index is 699. The van der Waals surface area contributed by atoms with E-state index in [0.717, 1.165) is 18.5 Å². The summed E-state index contributed by atoms with van der Waals surface area (Å²) in [5, 5.41) is 8.37. The highest BCUT2D eigenvalue weighted by atomic mass is 16.2. The third-order valence-electron chi connectivity index (χ3n) is 3.45. The van der Waals surface area contributed by atoms with Gasteiger partial charge in [0.25, 0.3) is 5.91 Å². The second-order valence-corrected chi connectivity index (χ2v) is 5.46. The molecule has 3 N–H and O–H groups in total. The molecule has 0 spiro atoms. The summed E-state index contributed by atoms with van der Waals surface area (Å²) >= 11 is 0. The van der Waals surface area contributed by atoms with Gasteiger partial charge in [0, 0.05) is 23.5 Å². The molecule has 6 heteroatoms. The van der Waals surface area contributed by atoms with E-state index in [0.29, 0.717) is 23.8 Å². The van der Waals surface area contributed by atoms with Gasteiger partial charge in [-0.15, -0.1) is 0 Å². The minimum atomic E-state index is -0.338. The van der Waals surface area contributed by atoms with Crippen LogP contribution in [-0.4, -0.2) is 23.0 Å².